The fraction of sp³-hybridized carbons (Fsp3) is 0.737. The van der Waals surface area contributed by atoms with Crippen molar-refractivity contribution in [2.45, 2.75) is 84.3 Å². The lowest BCUT2D eigenvalue weighted by molar-refractivity contribution is -0.365. The summed E-state index contributed by atoms with van der Waals surface area (Å²) >= 11 is 0. The second-order valence-corrected chi connectivity index (χ2v) is 7.88. The molecule has 176 valence electrons. The quantitative estimate of drug-likeness (QED) is 0.403. The van der Waals surface area contributed by atoms with E-state index in [1.54, 1.807) is 20.8 Å². The largest absolute Gasteiger partial charge is 0.463 e. The molecule has 1 fully saturated rings. The molecule has 0 aromatic carbocycles. The summed E-state index contributed by atoms with van der Waals surface area (Å²) in [6.07, 6.45) is -6.11. The van der Waals surface area contributed by atoms with Gasteiger partial charge in [0.2, 0.25) is 6.10 Å². The monoisotopic (exact) mass is 447 g/mol. The lowest BCUT2D eigenvalue weighted by Gasteiger charge is -2.50. The summed E-state index contributed by atoms with van der Waals surface area (Å²) < 4.78 is 32.3. The number of esters is 4. The van der Waals surface area contributed by atoms with Crippen molar-refractivity contribution in [2.24, 2.45) is 5.73 Å². The van der Waals surface area contributed by atoms with E-state index in [0.29, 0.717) is 0 Å². The van der Waals surface area contributed by atoms with Gasteiger partial charge in [-0.15, -0.1) is 0 Å². The number of nitrogens with two attached hydrogens (primary N) is 1. The zero-order valence-electron chi connectivity index (χ0n) is 18.6. The van der Waals surface area contributed by atoms with Crippen LogP contribution in [0.3, 0.4) is 0 Å². The highest BCUT2D eigenvalue weighted by molar-refractivity contribution is 5.84. The molecule has 0 spiro atoms. The van der Waals surface area contributed by atoms with Crippen molar-refractivity contribution < 1.29 is 52.4 Å². The van der Waals surface area contributed by atoms with Crippen molar-refractivity contribution in [3.05, 3.63) is 0 Å². The van der Waals surface area contributed by atoms with Crippen LogP contribution in [-0.2, 0) is 52.4 Å². The van der Waals surface area contributed by atoms with E-state index >= 15 is 0 Å². The van der Waals surface area contributed by atoms with E-state index in [-0.39, 0.29) is 0 Å². The second-order valence-electron chi connectivity index (χ2n) is 7.88. The van der Waals surface area contributed by atoms with Gasteiger partial charge in [0.1, 0.15) is 12.7 Å². The predicted octanol–water partition coefficient (Wildman–Crippen LogP) is -0.260. The summed E-state index contributed by atoms with van der Waals surface area (Å²) in [7, 11) is 0. The average molecular weight is 447 g/mol. The second kappa shape index (κ2) is 10.1. The van der Waals surface area contributed by atoms with Gasteiger partial charge < -0.3 is 34.2 Å². The first-order valence-electron chi connectivity index (χ1n) is 9.42. The Balaban J connectivity index is 3.70. The minimum Gasteiger partial charge on any atom is -0.463 e. The van der Waals surface area contributed by atoms with Gasteiger partial charge in [0.05, 0.1) is 5.60 Å². The molecule has 0 aliphatic carbocycles. The van der Waals surface area contributed by atoms with Crippen LogP contribution in [0.4, 0.5) is 0 Å². The summed E-state index contributed by atoms with van der Waals surface area (Å²) in [4.78, 5) is 59.4. The smallest absolute Gasteiger partial charge is 0.303 e. The molecule has 0 aromatic heterocycles. The third kappa shape index (κ3) is 7.17. The maximum atomic E-state index is 12.6. The minimum atomic E-state index is -2.47. The van der Waals surface area contributed by atoms with Crippen LogP contribution in [-0.4, -0.2) is 72.2 Å². The summed E-state index contributed by atoms with van der Waals surface area (Å²) in [5.41, 5.74) is 4.52. The van der Waals surface area contributed by atoms with E-state index in [2.05, 4.69) is 0 Å². The molecule has 0 bridgehead atoms. The fourth-order valence-electron chi connectivity index (χ4n) is 3.05. The standard InChI is InChI=1S/C19H29NO11/c1-9(21)26-8-13-14(27-10(2)22)15(28-11(3)23)16(29-12(4)24)19(30-13,17(20)25)31-18(5,6)7/h13-16H,8H2,1-7H3,(H2,20,25)/t13-,14+,15+,16-,19-/m1/s1. The minimum absolute atomic E-state index is 0.514. The summed E-state index contributed by atoms with van der Waals surface area (Å²) in [5.74, 6) is -6.90. The summed E-state index contributed by atoms with van der Waals surface area (Å²) in [5, 5.41) is 0. The molecule has 31 heavy (non-hydrogen) atoms. The van der Waals surface area contributed by atoms with Gasteiger partial charge in [-0.2, -0.15) is 0 Å². The first kappa shape index (κ1) is 26.3. The van der Waals surface area contributed by atoms with Crippen LogP contribution in [0.2, 0.25) is 0 Å². The van der Waals surface area contributed by atoms with Crippen molar-refractivity contribution in [3.63, 3.8) is 0 Å². The Hall–Kier alpha value is -2.73. The van der Waals surface area contributed by atoms with Crippen molar-refractivity contribution in [3.8, 4) is 0 Å². The van der Waals surface area contributed by atoms with Crippen LogP contribution < -0.4 is 5.73 Å². The molecular formula is C19H29NO11. The molecule has 2 N–H and O–H groups in total. The maximum absolute atomic E-state index is 12.6. The van der Waals surface area contributed by atoms with Gasteiger partial charge in [-0.25, -0.2) is 0 Å². The molecule has 1 aliphatic heterocycles. The Kier molecular flexibility index (Phi) is 8.53. The van der Waals surface area contributed by atoms with Crippen molar-refractivity contribution in [1.82, 2.24) is 0 Å². The van der Waals surface area contributed by atoms with Crippen LogP contribution in [0.5, 0.6) is 0 Å². The van der Waals surface area contributed by atoms with E-state index in [0.717, 1.165) is 27.7 Å². The van der Waals surface area contributed by atoms with Crippen molar-refractivity contribution in [1.29, 1.82) is 0 Å². The molecule has 0 aromatic rings. The third-order valence-electron chi connectivity index (χ3n) is 3.84. The van der Waals surface area contributed by atoms with Gasteiger partial charge >= 0.3 is 23.9 Å². The Morgan fingerprint density at radius 2 is 1.32 bits per heavy atom. The van der Waals surface area contributed by atoms with Gasteiger partial charge in [-0.3, -0.25) is 24.0 Å². The molecule has 1 saturated heterocycles. The zero-order chi connectivity index (χ0) is 24.1. The molecular weight excluding hydrogens is 418 g/mol. The summed E-state index contributed by atoms with van der Waals surface area (Å²) in [6, 6.07) is 0. The highest BCUT2D eigenvalue weighted by atomic mass is 16.8. The number of hydrogen-bond donors (Lipinski definition) is 1. The number of hydrogen-bond acceptors (Lipinski definition) is 11. The molecule has 1 rings (SSSR count). The zero-order valence-corrected chi connectivity index (χ0v) is 18.6. The van der Waals surface area contributed by atoms with E-state index in [1.807, 2.05) is 0 Å². The van der Waals surface area contributed by atoms with Crippen molar-refractivity contribution >= 4 is 29.8 Å². The lowest BCUT2D eigenvalue weighted by Crippen LogP contribution is -2.73. The SMILES string of the molecule is CC(=O)OC[C@H]1O[C@](OC(C)(C)C)(C(N)=O)[C@H](OC(C)=O)[C@@H](OC(C)=O)[C@H]1OC(C)=O. The van der Waals surface area contributed by atoms with Crippen LogP contribution in [0.25, 0.3) is 0 Å². The number of primary amides is 1. The molecule has 1 amide bonds. The number of ether oxygens (including phenoxy) is 6. The van der Waals surface area contributed by atoms with Crippen LogP contribution in [0.15, 0.2) is 0 Å². The van der Waals surface area contributed by atoms with E-state index in [9.17, 15) is 24.0 Å². The van der Waals surface area contributed by atoms with Gasteiger partial charge in [0.15, 0.2) is 12.2 Å². The van der Waals surface area contributed by atoms with E-state index in [1.165, 1.54) is 0 Å². The van der Waals surface area contributed by atoms with Gasteiger partial charge in [0, 0.05) is 27.7 Å². The van der Waals surface area contributed by atoms with E-state index < -0.39 is 72.2 Å². The number of rotatable bonds is 7. The molecule has 1 heterocycles. The highest BCUT2D eigenvalue weighted by Gasteiger charge is 2.65. The molecule has 1 aliphatic rings. The molecule has 5 atom stereocenters. The molecule has 12 nitrogen and oxygen atoms in total. The maximum Gasteiger partial charge on any atom is 0.303 e. The van der Waals surface area contributed by atoms with Gasteiger partial charge in [-0.1, -0.05) is 0 Å². The Labute approximate surface area is 179 Å². The van der Waals surface area contributed by atoms with Crippen LogP contribution in [0.1, 0.15) is 48.5 Å². The number of carbonyl (C=O) groups is 5. The van der Waals surface area contributed by atoms with Crippen molar-refractivity contribution in [2.75, 3.05) is 6.61 Å². The van der Waals surface area contributed by atoms with Crippen LogP contribution in [0, 0.1) is 0 Å². The number of carbonyl (C=O) groups excluding carboxylic acids is 5. The molecule has 0 unspecified atom stereocenters. The average Bonchev–Trinajstić information content (AvgIpc) is 2.55. The van der Waals surface area contributed by atoms with Gasteiger partial charge in [0.25, 0.3) is 11.7 Å². The lowest BCUT2D eigenvalue weighted by atomic mass is 9.90. The molecule has 0 saturated carbocycles. The first-order valence-corrected chi connectivity index (χ1v) is 9.42. The summed E-state index contributed by atoms with van der Waals surface area (Å²) in [6.45, 7) is 8.52. The Bertz CT molecular complexity index is 729. The van der Waals surface area contributed by atoms with E-state index in [4.69, 9.17) is 34.2 Å². The molecule has 12 heteroatoms. The topological polar surface area (TPSA) is 167 Å². The fourth-order valence-corrected chi connectivity index (χ4v) is 3.05. The Morgan fingerprint density at radius 3 is 1.71 bits per heavy atom. The third-order valence-corrected chi connectivity index (χ3v) is 3.84. The normalized spacial score (nSPS) is 28.2. The predicted molar refractivity (Wildman–Crippen MR) is 101 cm³/mol. The van der Waals surface area contributed by atoms with Gasteiger partial charge in [-0.05, 0) is 20.8 Å². The Morgan fingerprint density at radius 1 is 0.839 bits per heavy atom. The molecule has 0 radical (unpaired) electrons. The van der Waals surface area contributed by atoms with Crippen LogP contribution >= 0.6 is 0 Å². The number of amides is 1. The highest BCUT2D eigenvalue weighted by Crippen LogP contribution is 2.39. The first-order chi connectivity index (χ1) is 14.1.